The Bertz CT molecular complexity index is 1210. The monoisotopic (exact) mass is 408 g/mol. The number of nitrogens with zero attached hydrogens (tertiary/aromatic N) is 4. The lowest BCUT2D eigenvalue weighted by Gasteiger charge is -2.04. The molecule has 0 saturated carbocycles. The van der Waals surface area contributed by atoms with Crippen LogP contribution in [0.1, 0.15) is 11.6 Å². The van der Waals surface area contributed by atoms with Crippen molar-refractivity contribution in [2.24, 2.45) is 5.10 Å². The smallest absolute Gasteiger partial charge is 0.422 e. The first-order chi connectivity index (χ1) is 12.9. The summed E-state index contributed by atoms with van der Waals surface area (Å²) in [5.74, 6) is -1.73. The molecule has 3 heterocycles. The highest BCUT2D eigenvalue weighted by Crippen LogP contribution is 2.28. The first-order valence-corrected chi connectivity index (χ1v) is 8.22. The molecule has 138 valence electrons. The predicted molar refractivity (Wildman–Crippen MR) is 95.0 cm³/mol. The summed E-state index contributed by atoms with van der Waals surface area (Å²) in [6.45, 7) is -0.254. The van der Waals surface area contributed by atoms with Crippen LogP contribution in [0.4, 0.5) is 5.69 Å². The van der Waals surface area contributed by atoms with Gasteiger partial charge in [0.25, 0.3) is 0 Å². The first-order valence-electron chi connectivity index (χ1n) is 7.46. The summed E-state index contributed by atoms with van der Waals surface area (Å²) in [5, 5.41) is 24.7. The lowest BCUT2D eigenvalue weighted by Crippen LogP contribution is -2.16. The molecular weight excluding hydrogens is 399 g/mol. The van der Waals surface area contributed by atoms with E-state index in [4.69, 9.17) is 27.6 Å². The van der Waals surface area contributed by atoms with Crippen LogP contribution in [0.2, 0.25) is 10.3 Å². The molecule has 12 heteroatoms. The first kappa shape index (κ1) is 17.2. The van der Waals surface area contributed by atoms with E-state index in [1.807, 2.05) is 0 Å². The van der Waals surface area contributed by atoms with Crippen LogP contribution < -0.4 is 27.3 Å². The van der Waals surface area contributed by atoms with E-state index in [-0.39, 0.29) is 28.4 Å². The van der Waals surface area contributed by atoms with Crippen LogP contribution >= 0.6 is 23.2 Å². The van der Waals surface area contributed by atoms with Crippen LogP contribution in [-0.2, 0) is 6.54 Å². The second kappa shape index (κ2) is 6.49. The van der Waals surface area contributed by atoms with Gasteiger partial charge in [0.2, 0.25) is 5.88 Å². The number of oxazole rings is 1. The topological polar surface area (TPSA) is 138 Å². The van der Waals surface area contributed by atoms with Crippen molar-refractivity contribution in [2.45, 2.75) is 6.54 Å². The van der Waals surface area contributed by atoms with Gasteiger partial charge in [-0.05, 0) is 23.4 Å². The van der Waals surface area contributed by atoms with Gasteiger partial charge in [-0.2, -0.15) is 5.10 Å². The number of hydrogen-bond acceptors (Lipinski definition) is 9. The molecule has 3 aromatic rings. The molecule has 27 heavy (non-hydrogen) atoms. The highest BCUT2D eigenvalue weighted by molar-refractivity contribution is 6.35. The molecule has 0 spiro atoms. The van der Waals surface area contributed by atoms with Crippen LogP contribution in [0.15, 0.2) is 32.5 Å². The van der Waals surface area contributed by atoms with Gasteiger partial charge in [-0.1, -0.05) is 29.3 Å². The molecule has 0 atom stereocenters. The maximum absolute atomic E-state index is 12.1. The van der Waals surface area contributed by atoms with Gasteiger partial charge < -0.3 is 14.6 Å². The minimum Gasteiger partial charge on any atom is -0.503 e. The zero-order chi connectivity index (χ0) is 19.1. The van der Waals surface area contributed by atoms with Gasteiger partial charge in [0.15, 0.2) is 27.6 Å². The molecule has 10 nitrogen and oxygen atoms in total. The molecule has 0 bridgehead atoms. The highest BCUT2D eigenvalue weighted by Gasteiger charge is 2.17. The summed E-state index contributed by atoms with van der Waals surface area (Å²) < 4.78 is 6.01. The Labute approximate surface area is 160 Å². The summed E-state index contributed by atoms with van der Waals surface area (Å²) in [5.41, 5.74) is 6.21. The van der Waals surface area contributed by atoms with E-state index in [9.17, 15) is 15.0 Å². The number of hydrazine groups is 1. The fourth-order valence-corrected chi connectivity index (χ4v) is 2.87. The summed E-state index contributed by atoms with van der Waals surface area (Å²) in [4.78, 5) is 19.7. The second-order valence-corrected chi connectivity index (χ2v) is 6.20. The summed E-state index contributed by atoms with van der Waals surface area (Å²) >= 11 is 11.5. The Morgan fingerprint density at radius 3 is 2.70 bits per heavy atom. The predicted octanol–water partition coefficient (Wildman–Crippen LogP) is 0.291. The zero-order valence-corrected chi connectivity index (χ0v) is 14.8. The minimum absolute atomic E-state index is 0.0157. The van der Waals surface area contributed by atoms with E-state index in [1.54, 1.807) is 18.2 Å². The molecule has 0 fully saturated rings. The largest absolute Gasteiger partial charge is 0.503 e. The number of aromatic hydroxyl groups is 2. The minimum atomic E-state index is -0.821. The Kier molecular flexibility index (Phi) is 4.13. The molecule has 1 aliphatic rings. The zero-order valence-electron chi connectivity index (χ0n) is 13.3. The molecule has 0 amide bonds. The average Bonchev–Trinajstić information content (AvgIpc) is 3.19. The van der Waals surface area contributed by atoms with Crippen LogP contribution in [0.3, 0.4) is 0 Å². The van der Waals surface area contributed by atoms with Crippen LogP contribution in [-0.4, -0.2) is 24.7 Å². The van der Waals surface area contributed by atoms with Crippen LogP contribution in [0.25, 0.3) is 6.08 Å². The van der Waals surface area contributed by atoms with E-state index in [1.165, 1.54) is 6.08 Å². The molecule has 1 aromatic carbocycles. The van der Waals surface area contributed by atoms with Gasteiger partial charge in [-0.15, -0.1) is 0 Å². The Hall–Kier alpha value is -3.24. The van der Waals surface area contributed by atoms with Crippen molar-refractivity contribution in [1.29, 1.82) is 0 Å². The summed E-state index contributed by atoms with van der Waals surface area (Å²) in [6, 6.07) is 5.27. The number of anilines is 1. The normalized spacial score (nSPS) is 13.0. The SMILES string of the molecule is O=c1oc(C=c2ccc3c(c2)NNN=3)c(O)n1Cc1nc(Cl)c(O)c(Cl)n1. The van der Waals surface area contributed by atoms with Crippen LogP contribution in [0.5, 0.6) is 11.6 Å². The third kappa shape index (κ3) is 3.15. The van der Waals surface area contributed by atoms with Gasteiger partial charge in [0, 0.05) is 0 Å². The molecule has 4 rings (SSSR count). The molecular formula is C15H10Cl2N6O4. The maximum Gasteiger partial charge on any atom is 0.422 e. The molecule has 1 aliphatic heterocycles. The number of hydrogen-bond donors (Lipinski definition) is 4. The van der Waals surface area contributed by atoms with E-state index >= 15 is 0 Å². The van der Waals surface area contributed by atoms with E-state index in [2.05, 4.69) is 26.0 Å². The fourth-order valence-electron chi connectivity index (χ4n) is 2.44. The van der Waals surface area contributed by atoms with Gasteiger partial charge in [-0.25, -0.2) is 24.9 Å². The number of benzene rings is 1. The number of aromatic nitrogens is 3. The standard InChI is InChI=1S/C15H10Cl2N6O4/c16-12-11(24)13(17)19-10(18-12)5-23-14(25)9(27-15(23)26)4-6-1-2-7-8(3-6)21-22-20-7/h1-4,21-22,24-25H,5H2. The molecule has 0 radical (unpaired) electrons. The molecule has 4 N–H and O–H groups in total. The molecule has 0 saturated heterocycles. The van der Waals surface area contributed by atoms with Crippen LogP contribution in [0, 0.1) is 0 Å². The lowest BCUT2D eigenvalue weighted by molar-refractivity contribution is 0.417. The van der Waals surface area contributed by atoms with E-state index < -0.39 is 17.4 Å². The lowest BCUT2D eigenvalue weighted by atomic mass is 10.2. The molecule has 0 aliphatic carbocycles. The van der Waals surface area contributed by atoms with Gasteiger partial charge in [0.1, 0.15) is 5.36 Å². The van der Waals surface area contributed by atoms with Crippen molar-refractivity contribution in [1.82, 2.24) is 20.1 Å². The Morgan fingerprint density at radius 2 is 1.96 bits per heavy atom. The van der Waals surface area contributed by atoms with Crippen molar-refractivity contribution < 1.29 is 14.6 Å². The van der Waals surface area contributed by atoms with Crippen molar-refractivity contribution in [3.8, 4) is 11.6 Å². The van der Waals surface area contributed by atoms with Gasteiger partial charge >= 0.3 is 5.76 Å². The molecule has 2 aromatic heterocycles. The van der Waals surface area contributed by atoms with E-state index in [0.29, 0.717) is 5.22 Å². The third-order valence-corrected chi connectivity index (χ3v) is 4.25. The fraction of sp³-hybridized carbons (Fsp3) is 0.0667. The third-order valence-electron chi connectivity index (χ3n) is 3.72. The number of halogens is 2. The number of nitrogens with one attached hydrogen (secondary N) is 2. The maximum atomic E-state index is 12.1. The van der Waals surface area contributed by atoms with Gasteiger partial charge in [0.05, 0.1) is 12.2 Å². The summed E-state index contributed by atoms with van der Waals surface area (Å²) in [6.07, 6.45) is 1.49. The van der Waals surface area contributed by atoms with Crippen molar-refractivity contribution in [2.75, 3.05) is 5.43 Å². The van der Waals surface area contributed by atoms with Crippen molar-refractivity contribution >= 4 is 35.0 Å². The van der Waals surface area contributed by atoms with Gasteiger partial charge in [-0.3, -0.25) is 5.43 Å². The van der Waals surface area contributed by atoms with Crippen molar-refractivity contribution in [3.05, 3.63) is 61.2 Å². The average molecular weight is 409 g/mol. The Balaban J connectivity index is 1.72. The van der Waals surface area contributed by atoms with Crippen molar-refractivity contribution in [3.63, 3.8) is 0 Å². The quantitative estimate of drug-likeness (QED) is 0.453. The highest BCUT2D eigenvalue weighted by atomic mass is 35.5. The van der Waals surface area contributed by atoms with E-state index in [0.717, 1.165) is 15.6 Å². The molecule has 0 unspecified atom stereocenters. The number of rotatable bonds is 3. The Morgan fingerprint density at radius 1 is 1.22 bits per heavy atom. The number of fused-ring (bicyclic) bond motifs is 1. The second-order valence-electron chi connectivity index (χ2n) is 5.48. The summed E-state index contributed by atoms with van der Waals surface area (Å²) in [7, 11) is 0.